The molecule has 2 aliphatic heterocycles. The van der Waals surface area contributed by atoms with E-state index in [4.69, 9.17) is 16.3 Å². The Morgan fingerprint density at radius 1 is 1.38 bits per heavy atom. The molecular formula is C19H21ClN4O2. The van der Waals surface area contributed by atoms with Gasteiger partial charge in [-0.05, 0) is 30.2 Å². The minimum absolute atomic E-state index is 0.174. The molecule has 0 atom stereocenters. The summed E-state index contributed by atoms with van der Waals surface area (Å²) in [6.45, 7) is 4.86. The van der Waals surface area contributed by atoms with Crippen LogP contribution in [0.4, 0.5) is 5.69 Å². The van der Waals surface area contributed by atoms with Gasteiger partial charge < -0.3 is 14.5 Å². The molecule has 0 aliphatic carbocycles. The second-order valence-electron chi connectivity index (χ2n) is 6.92. The van der Waals surface area contributed by atoms with Crippen LogP contribution in [0.3, 0.4) is 0 Å². The highest BCUT2D eigenvalue weighted by Crippen LogP contribution is 2.35. The number of methoxy groups -OCH3 is 1. The van der Waals surface area contributed by atoms with Crippen LogP contribution in [0.25, 0.3) is 0 Å². The predicted molar refractivity (Wildman–Crippen MR) is 99.3 cm³/mol. The van der Waals surface area contributed by atoms with Gasteiger partial charge in [-0.2, -0.15) is 0 Å². The van der Waals surface area contributed by atoms with Crippen LogP contribution in [0, 0.1) is 12.8 Å². The van der Waals surface area contributed by atoms with Gasteiger partial charge in [0.15, 0.2) is 0 Å². The molecule has 0 unspecified atom stereocenters. The molecule has 4 rings (SSSR count). The van der Waals surface area contributed by atoms with Crippen molar-refractivity contribution < 1.29 is 9.53 Å². The first-order valence-corrected chi connectivity index (χ1v) is 9.09. The second-order valence-corrected chi connectivity index (χ2v) is 7.30. The number of pyridine rings is 2. The van der Waals surface area contributed by atoms with Crippen molar-refractivity contribution in [1.82, 2.24) is 14.9 Å². The highest BCUT2D eigenvalue weighted by atomic mass is 35.5. The molecule has 136 valence electrons. The van der Waals surface area contributed by atoms with E-state index in [1.165, 1.54) is 0 Å². The van der Waals surface area contributed by atoms with Crippen LogP contribution in [0.1, 0.15) is 23.2 Å². The normalized spacial score (nSPS) is 16.4. The van der Waals surface area contributed by atoms with Crippen molar-refractivity contribution in [2.75, 3.05) is 25.1 Å². The molecule has 1 amide bonds. The van der Waals surface area contributed by atoms with Crippen molar-refractivity contribution >= 4 is 23.2 Å². The van der Waals surface area contributed by atoms with Crippen molar-refractivity contribution in [3.63, 3.8) is 0 Å². The van der Waals surface area contributed by atoms with E-state index in [2.05, 4.69) is 14.9 Å². The first kappa shape index (κ1) is 17.1. The van der Waals surface area contributed by atoms with Gasteiger partial charge >= 0.3 is 0 Å². The van der Waals surface area contributed by atoms with Gasteiger partial charge in [0.05, 0.1) is 31.2 Å². The average Bonchev–Trinajstić information content (AvgIpc) is 3.06. The Bertz CT molecular complexity index is 837. The number of rotatable bonds is 4. The molecule has 0 saturated carbocycles. The molecule has 0 N–H and O–H groups in total. The fourth-order valence-electron chi connectivity index (χ4n) is 3.65. The van der Waals surface area contributed by atoms with E-state index in [0.29, 0.717) is 36.3 Å². The SMILES string of the molecule is COc1nc2c(c(C)c1Cl)CN(C(=O)CC1CN(c3cccnc3)C1)C2. The molecule has 6 nitrogen and oxygen atoms in total. The van der Waals surface area contributed by atoms with Gasteiger partial charge in [0.2, 0.25) is 11.8 Å². The zero-order valence-electron chi connectivity index (χ0n) is 14.9. The number of aromatic nitrogens is 2. The molecule has 0 bridgehead atoms. The molecular weight excluding hydrogens is 352 g/mol. The number of amides is 1. The summed E-state index contributed by atoms with van der Waals surface area (Å²) in [5, 5.41) is 0.534. The third-order valence-corrected chi connectivity index (χ3v) is 5.67. The highest BCUT2D eigenvalue weighted by molar-refractivity contribution is 6.32. The average molecular weight is 373 g/mol. The van der Waals surface area contributed by atoms with Gasteiger partial charge in [-0.3, -0.25) is 9.78 Å². The number of carbonyl (C=O) groups excluding carboxylic acids is 1. The monoisotopic (exact) mass is 372 g/mol. The van der Waals surface area contributed by atoms with Crippen molar-refractivity contribution in [2.45, 2.75) is 26.4 Å². The molecule has 0 aromatic carbocycles. The third-order valence-electron chi connectivity index (χ3n) is 5.22. The van der Waals surface area contributed by atoms with Crippen molar-refractivity contribution in [1.29, 1.82) is 0 Å². The lowest BCUT2D eigenvalue weighted by Gasteiger charge is -2.41. The fourth-order valence-corrected chi connectivity index (χ4v) is 3.89. The Labute approximate surface area is 157 Å². The number of hydrogen-bond acceptors (Lipinski definition) is 5. The third kappa shape index (κ3) is 2.98. The van der Waals surface area contributed by atoms with Crippen LogP contribution in [0.2, 0.25) is 5.02 Å². The number of fused-ring (bicyclic) bond motifs is 1. The van der Waals surface area contributed by atoms with Crippen molar-refractivity contribution in [3.05, 3.63) is 46.4 Å². The van der Waals surface area contributed by atoms with E-state index in [1.54, 1.807) is 13.3 Å². The summed E-state index contributed by atoms with van der Waals surface area (Å²) in [4.78, 5) is 25.4. The molecule has 2 aliphatic rings. The summed E-state index contributed by atoms with van der Waals surface area (Å²) in [5.41, 5.74) is 4.01. The summed E-state index contributed by atoms with van der Waals surface area (Å²) >= 11 is 6.29. The van der Waals surface area contributed by atoms with Crippen LogP contribution in [0.15, 0.2) is 24.5 Å². The van der Waals surface area contributed by atoms with E-state index in [9.17, 15) is 4.79 Å². The summed E-state index contributed by atoms with van der Waals surface area (Å²) in [5.74, 6) is 0.996. The number of hydrogen-bond donors (Lipinski definition) is 0. The van der Waals surface area contributed by atoms with Gasteiger partial charge in [0.1, 0.15) is 5.02 Å². The summed E-state index contributed by atoms with van der Waals surface area (Å²) in [7, 11) is 1.56. The largest absolute Gasteiger partial charge is 0.480 e. The van der Waals surface area contributed by atoms with Crippen LogP contribution in [-0.2, 0) is 17.9 Å². The van der Waals surface area contributed by atoms with E-state index >= 15 is 0 Å². The molecule has 7 heteroatoms. The molecule has 4 heterocycles. The van der Waals surface area contributed by atoms with Crippen molar-refractivity contribution in [2.24, 2.45) is 5.92 Å². The molecule has 1 fully saturated rings. The maximum absolute atomic E-state index is 12.7. The first-order chi connectivity index (χ1) is 12.6. The van der Waals surface area contributed by atoms with Gasteiger partial charge in [0, 0.05) is 38.2 Å². The van der Waals surface area contributed by atoms with Gasteiger partial charge in [-0.1, -0.05) is 11.6 Å². The zero-order valence-corrected chi connectivity index (χ0v) is 15.7. The zero-order chi connectivity index (χ0) is 18.3. The van der Waals surface area contributed by atoms with Crippen LogP contribution in [-0.4, -0.2) is 41.0 Å². The van der Waals surface area contributed by atoms with Gasteiger partial charge in [-0.15, -0.1) is 0 Å². The molecule has 0 radical (unpaired) electrons. The highest BCUT2D eigenvalue weighted by Gasteiger charge is 2.33. The molecule has 26 heavy (non-hydrogen) atoms. The molecule has 1 saturated heterocycles. The van der Waals surface area contributed by atoms with Gasteiger partial charge in [-0.25, -0.2) is 4.98 Å². The lowest BCUT2D eigenvalue weighted by molar-refractivity contribution is -0.133. The Balaban J connectivity index is 1.36. The summed E-state index contributed by atoms with van der Waals surface area (Å²) in [6, 6.07) is 3.98. The van der Waals surface area contributed by atoms with Gasteiger partial charge in [0.25, 0.3) is 0 Å². The van der Waals surface area contributed by atoms with E-state index < -0.39 is 0 Å². The summed E-state index contributed by atoms with van der Waals surface area (Å²) < 4.78 is 5.23. The maximum atomic E-state index is 12.7. The number of halogens is 1. The lowest BCUT2D eigenvalue weighted by Crippen LogP contribution is -2.48. The molecule has 2 aromatic rings. The van der Waals surface area contributed by atoms with Crippen LogP contribution < -0.4 is 9.64 Å². The van der Waals surface area contributed by atoms with Crippen LogP contribution >= 0.6 is 11.6 Å². The number of nitrogens with zero attached hydrogens (tertiary/aromatic N) is 4. The smallest absolute Gasteiger partial charge is 0.232 e. The second kappa shape index (κ2) is 6.76. The number of ether oxygens (including phenoxy) is 1. The Morgan fingerprint density at radius 3 is 2.88 bits per heavy atom. The van der Waals surface area contributed by atoms with Crippen LogP contribution in [0.5, 0.6) is 5.88 Å². The fraction of sp³-hybridized carbons (Fsp3) is 0.421. The standard InChI is InChI=1S/C19H21ClN4O2/c1-12-15-10-24(11-16(15)22-19(26-2)18(12)20)17(25)6-13-8-23(9-13)14-4-3-5-21-7-14/h3-5,7,13H,6,8-11H2,1-2H3. The minimum Gasteiger partial charge on any atom is -0.480 e. The molecule has 2 aromatic heterocycles. The predicted octanol–water partition coefficient (Wildman–Crippen LogP) is 2.82. The Hall–Kier alpha value is -2.34. The minimum atomic E-state index is 0.174. The van der Waals surface area contributed by atoms with E-state index in [0.717, 1.165) is 35.6 Å². The Morgan fingerprint density at radius 2 is 2.19 bits per heavy atom. The number of carbonyl (C=O) groups is 1. The Kier molecular flexibility index (Phi) is 4.44. The topological polar surface area (TPSA) is 58.6 Å². The quantitative estimate of drug-likeness (QED) is 0.826. The van der Waals surface area contributed by atoms with E-state index in [-0.39, 0.29) is 5.91 Å². The maximum Gasteiger partial charge on any atom is 0.232 e. The first-order valence-electron chi connectivity index (χ1n) is 8.71. The lowest BCUT2D eigenvalue weighted by atomic mass is 9.95. The van der Waals surface area contributed by atoms with E-state index in [1.807, 2.05) is 30.2 Å². The van der Waals surface area contributed by atoms with Crippen molar-refractivity contribution in [3.8, 4) is 5.88 Å². The number of anilines is 1. The molecule has 0 spiro atoms. The summed E-state index contributed by atoms with van der Waals surface area (Å²) in [6.07, 6.45) is 4.20.